The summed E-state index contributed by atoms with van der Waals surface area (Å²) in [4.78, 5) is 0. The van der Waals surface area contributed by atoms with Crippen molar-refractivity contribution >= 4 is 5.82 Å². The van der Waals surface area contributed by atoms with Gasteiger partial charge in [-0.15, -0.1) is 0 Å². The molecule has 0 radical (unpaired) electrons. The molecule has 1 aromatic heterocycles. The number of hydrogen-bond donors (Lipinski definition) is 1. The maximum absolute atomic E-state index is 13.3. The normalized spacial score (nSPS) is 21.2. The van der Waals surface area contributed by atoms with E-state index in [4.69, 9.17) is 5.26 Å². The highest BCUT2D eigenvalue weighted by atomic mass is 19.4. The van der Waals surface area contributed by atoms with E-state index in [-0.39, 0.29) is 17.8 Å². The molecule has 1 aliphatic rings. The number of alkyl halides is 3. The molecule has 0 saturated heterocycles. The first kappa shape index (κ1) is 13.5. The molecule has 1 N–H and O–H groups in total. The van der Waals surface area contributed by atoms with Gasteiger partial charge in [-0.05, 0) is 5.56 Å². The van der Waals surface area contributed by atoms with Crippen LogP contribution in [0.15, 0.2) is 36.5 Å². The molecule has 0 spiro atoms. The SMILES string of the molecule is N#Cc1cnn2c1N[C@H](c1ccccc1)C[C@@H]2C(F)(F)F. The second kappa shape index (κ2) is 4.81. The monoisotopic (exact) mass is 292 g/mol. The Hall–Kier alpha value is -2.49. The summed E-state index contributed by atoms with van der Waals surface area (Å²) in [7, 11) is 0. The third-order valence-electron chi connectivity index (χ3n) is 3.56. The van der Waals surface area contributed by atoms with Gasteiger partial charge in [0.15, 0.2) is 6.04 Å². The number of aromatic nitrogens is 2. The molecule has 0 bridgehead atoms. The van der Waals surface area contributed by atoms with E-state index < -0.39 is 18.3 Å². The summed E-state index contributed by atoms with van der Waals surface area (Å²) >= 11 is 0. The molecule has 4 nitrogen and oxygen atoms in total. The molecule has 21 heavy (non-hydrogen) atoms. The zero-order valence-corrected chi connectivity index (χ0v) is 10.8. The molecule has 0 unspecified atom stereocenters. The van der Waals surface area contributed by atoms with Gasteiger partial charge in [0.1, 0.15) is 17.5 Å². The minimum absolute atomic E-state index is 0.116. The van der Waals surface area contributed by atoms with Crippen molar-refractivity contribution in [1.29, 1.82) is 5.26 Å². The number of rotatable bonds is 1. The maximum Gasteiger partial charge on any atom is 0.410 e. The Balaban J connectivity index is 2.05. The van der Waals surface area contributed by atoms with Gasteiger partial charge < -0.3 is 5.32 Å². The Bertz CT molecular complexity index is 684. The number of halogens is 3. The van der Waals surface area contributed by atoms with Crippen molar-refractivity contribution in [3.8, 4) is 6.07 Å². The Kier molecular flexibility index (Phi) is 3.09. The van der Waals surface area contributed by atoms with Gasteiger partial charge in [0, 0.05) is 6.42 Å². The van der Waals surface area contributed by atoms with E-state index in [0.717, 1.165) is 16.4 Å². The standard InChI is InChI=1S/C14H11F3N4/c15-14(16,17)12-6-11(9-4-2-1-3-5-9)20-13-10(7-18)8-19-21(12)13/h1-5,8,11-12,20H,6H2/t11-,12+/m0/s1. The second-order valence-corrected chi connectivity index (χ2v) is 4.86. The highest BCUT2D eigenvalue weighted by Crippen LogP contribution is 2.44. The first-order valence-corrected chi connectivity index (χ1v) is 6.36. The number of nitriles is 1. The van der Waals surface area contributed by atoms with E-state index in [1.807, 2.05) is 6.07 Å². The summed E-state index contributed by atoms with van der Waals surface area (Å²) in [6.07, 6.45) is -3.41. The van der Waals surface area contributed by atoms with Gasteiger partial charge in [0.25, 0.3) is 0 Å². The van der Waals surface area contributed by atoms with Crippen molar-refractivity contribution in [2.75, 3.05) is 5.32 Å². The number of fused-ring (bicyclic) bond motifs is 1. The van der Waals surface area contributed by atoms with Crippen LogP contribution in [0.3, 0.4) is 0 Å². The number of hydrogen-bond acceptors (Lipinski definition) is 3. The average Bonchev–Trinajstić information content (AvgIpc) is 2.89. The van der Waals surface area contributed by atoms with Crippen molar-refractivity contribution in [2.24, 2.45) is 0 Å². The van der Waals surface area contributed by atoms with Gasteiger partial charge in [0.2, 0.25) is 0 Å². The molecule has 0 fully saturated rings. The van der Waals surface area contributed by atoms with Crippen molar-refractivity contribution < 1.29 is 13.2 Å². The minimum Gasteiger partial charge on any atom is -0.362 e. The Morgan fingerprint density at radius 2 is 2.00 bits per heavy atom. The van der Waals surface area contributed by atoms with Crippen LogP contribution in [0.2, 0.25) is 0 Å². The van der Waals surface area contributed by atoms with Crippen LogP contribution in [0.5, 0.6) is 0 Å². The third-order valence-corrected chi connectivity index (χ3v) is 3.56. The fourth-order valence-electron chi connectivity index (χ4n) is 2.55. The lowest BCUT2D eigenvalue weighted by atomic mass is 9.97. The first-order valence-electron chi connectivity index (χ1n) is 6.36. The number of nitrogens with one attached hydrogen (secondary N) is 1. The molecule has 3 rings (SSSR count). The Morgan fingerprint density at radius 1 is 1.29 bits per heavy atom. The predicted octanol–water partition coefficient (Wildman–Crippen LogP) is 3.42. The van der Waals surface area contributed by atoms with Gasteiger partial charge in [-0.1, -0.05) is 30.3 Å². The maximum atomic E-state index is 13.3. The van der Waals surface area contributed by atoms with Gasteiger partial charge in [-0.25, -0.2) is 4.68 Å². The molecule has 1 aliphatic heterocycles. The van der Waals surface area contributed by atoms with Crippen LogP contribution in [-0.2, 0) is 0 Å². The summed E-state index contributed by atoms with van der Waals surface area (Å²) in [6, 6.07) is 8.51. The van der Waals surface area contributed by atoms with Crippen LogP contribution in [0.1, 0.15) is 29.6 Å². The molecule has 7 heteroatoms. The van der Waals surface area contributed by atoms with Gasteiger partial charge in [-0.2, -0.15) is 23.5 Å². The summed E-state index contributed by atoms with van der Waals surface area (Å²) < 4.78 is 40.6. The number of anilines is 1. The molecule has 0 amide bonds. The van der Waals surface area contributed by atoms with Gasteiger partial charge in [0.05, 0.1) is 12.2 Å². The largest absolute Gasteiger partial charge is 0.410 e. The average molecular weight is 292 g/mol. The van der Waals surface area contributed by atoms with Crippen LogP contribution < -0.4 is 5.32 Å². The third kappa shape index (κ3) is 2.33. The van der Waals surface area contributed by atoms with Crippen LogP contribution in [0, 0.1) is 11.3 Å². The lowest BCUT2D eigenvalue weighted by Gasteiger charge is -2.33. The van der Waals surface area contributed by atoms with Crippen molar-refractivity contribution in [3.05, 3.63) is 47.7 Å². The fraction of sp³-hybridized carbons (Fsp3) is 0.286. The molecule has 108 valence electrons. The molecule has 2 heterocycles. The Labute approximate surface area is 118 Å². The lowest BCUT2D eigenvalue weighted by molar-refractivity contribution is -0.173. The summed E-state index contributed by atoms with van der Waals surface area (Å²) in [5, 5.41) is 15.7. The van der Waals surface area contributed by atoms with Crippen molar-refractivity contribution in [1.82, 2.24) is 9.78 Å². The van der Waals surface area contributed by atoms with E-state index >= 15 is 0 Å². The summed E-state index contributed by atoms with van der Waals surface area (Å²) in [6.45, 7) is 0. The number of benzene rings is 1. The Morgan fingerprint density at radius 3 is 2.62 bits per heavy atom. The van der Waals surface area contributed by atoms with E-state index in [0.29, 0.717) is 0 Å². The molecule has 2 atom stereocenters. The highest BCUT2D eigenvalue weighted by molar-refractivity contribution is 5.54. The van der Waals surface area contributed by atoms with Crippen molar-refractivity contribution in [2.45, 2.75) is 24.7 Å². The minimum atomic E-state index is -4.41. The highest BCUT2D eigenvalue weighted by Gasteiger charge is 2.46. The van der Waals surface area contributed by atoms with Gasteiger partial charge >= 0.3 is 6.18 Å². The molecule has 0 saturated carbocycles. The smallest absolute Gasteiger partial charge is 0.362 e. The van der Waals surface area contributed by atoms with E-state index in [2.05, 4.69) is 10.4 Å². The van der Waals surface area contributed by atoms with E-state index in [1.165, 1.54) is 0 Å². The predicted molar refractivity (Wildman–Crippen MR) is 69.5 cm³/mol. The zero-order chi connectivity index (χ0) is 15.0. The molecular formula is C14H11F3N4. The summed E-state index contributed by atoms with van der Waals surface area (Å²) in [5.74, 6) is 0.125. The van der Waals surface area contributed by atoms with Crippen LogP contribution in [0.4, 0.5) is 19.0 Å². The lowest BCUT2D eigenvalue weighted by Crippen LogP contribution is -2.35. The number of nitrogens with zero attached hydrogens (tertiary/aromatic N) is 3. The zero-order valence-electron chi connectivity index (χ0n) is 10.8. The molecule has 1 aromatic carbocycles. The van der Waals surface area contributed by atoms with Gasteiger partial charge in [-0.3, -0.25) is 0 Å². The van der Waals surface area contributed by atoms with Crippen LogP contribution in [-0.4, -0.2) is 16.0 Å². The topological polar surface area (TPSA) is 53.6 Å². The van der Waals surface area contributed by atoms with Crippen LogP contribution in [0.25, 0.3) is 0 Å². The molecule has 2 aromatic rings. The molecular weight excluding hydrogens is 281 g/mol. The van der Waals surface area contributed by atoms with E-state index in [1.54, 1.807) is 30.3 Å². The first-order chi connectivity index (χ1) is 10.0. The van der Waals surface area contributed by atoms with E-state index in [9.17, 15) is 13.2 Å². The second-order valence-electron chi connectivity index (χ2n) is 4.86. The summed E-state index contributed by atoms with van der Waals surface area (Å²) in [5.41, 5.74) is 0.868. The molecule has 0 aliphatic carbocycles. The van der Waals surface area contributed by atoms with Crippen molar-refractivity contribution in [3.63, 3.8) is 0 Å². The fourth-order valence-corrected chi connectivity index (χ4v) is 2.55. The van der Waals surface area contributed by atoms with Crippen LogP contribution >= 0.6 is 0 Å². The quantitative estimate of drug-likeness (QED) is 0.876.